The molecule has 0 bridgehead atoms. The summed E-state index contributed by atoms with van der Waals surface area (Å²) in [6.07, 6.45) is 2.62. The van der Waals surface area contributed by atoms with Crippen molar-refractivity contribution in [2.45, 2.75) is 18.6 Å². The van der Waals surface area contributed by atoms with E-state index in [1.807, 2.05) is 6.07 Å². The molecule has 98 valence electrons. The molecule has 0 radical (unpaired) electrons. The highest BCUT2D eigenvalue weighted by Crippen LogP contribution is 2.24. The predicted octanol–water partition coefficient (Wildman–Crippen LogP) is 1.84. The van der Waals surface area contributed by atoms with E-state index in [2.05, 4.69) is 10.3 Å². The Bertz CT molecular complexity index is 591. The standard InChI is InChI=1S/C11H14ClN3O2S/c1-11(2,18(3,16)17)7-15-10-9(12)8(6-13)4-5-14-10/h4-5H,7H2,1-3H3,(H,14,15). The fourth-order valence-electron chi connectivity index (χ4n) is 1.08. The predicted molar refractivity (Wildman–Crippen MR) is 71.4 cm³/mol. The van der Waals surface area contributed by atoms with Gasteiger partial charge < -0.3 is 5.32 Å². The molecule has 0 spiro atoms. The number of anilines is 1. The zero-order valence-electron chi connectivity index (χ0n) is 10.4. The zero-order chi connectivity index (χ0) is 14.0. The molecule has 1 aromatic rings. The van der Waals surface area contributed by atoms with Crippen molar-refractivity contribution in [3.05, 3.63) is 22.8 Å². The number of rotatable bonds is 4. The van der Waals surface area contributed by atoms with Crippen LogP contribution >= 0.6 is 11.6 Å². The van der Waals surface area contributed by atoms with E-state index in [0.717, 1.165) is 0 Å². The molecule has 1 N–H and O–H groups in total. The molecular weight excluding hydrogens is 274 g/mol. The van der Waals surface area contributed by atoms with Crippen molar-refractivity contribution in [1.82, 2.24) is 4.98 Å². The van der Waals surface area contributed by atoms with Gasteiger partial charge in [-0.05, 0) is 19.9 Å². The number of nitrogens with one attached hydrogen (secondary N) is 1. The summed E-state index contributed by atoms with van der Waals surface area (Å²) in [7, 11) is -3.20. The summed E-state index contributed by atoms with van der Waals surface area (Å²) in [5.41, 5.74) is 0.298. The second-order valence-corrected chi connectivity index (χ2v) is 7.55. The molecule has 1 heterocycles. The first kappa shape index (κ1) is 14.7. The van der Waals surface area contributed by atoms with Gasteiger partial charge in [0, 0.05) is 19.0 Å². The summed E-state index contributed by atoms with van der Waals surface area (Å²) < 4.78 is 22.1. The third kappa shape index (κ3) is 3.12. The van der Waals surface area contributed by atoms with Crippen LogP contribution in [0.25, 0.3) is 0 Å². The number of sulfone groups is 1. The Labute approximate surface area is 112 Å². The number of nitriles is 1. The third-order valence-corrected chi connectivity index (χ3v) is 5.23. The van der Waals surface area contributed by atoms with Crippen LogP contribution in [0.2, 0.25) is 5.02 Å². The SMILES string of the molecule is CC(C)(CNc1nccc(C#N)c1Cl)S(C)(=O)=O. The lowest BCUT2D eigenvalue weighted by atomic mass is 10.2. The molecule has 0 fully saturated rings. The Hall–Kier alpha value is -1.32. The van der Waals surface area contributed by atoms with Crippen LogP contribution < -0.4 is 5.32 Å². The lowest BCUT2D eigenvalue weighted by Crippen LogP contribution is -2.38. The first-order chi connectivity index (χ1) is 8.19. The number of halogens is 1. The van der Waals surface area contributed by atoms with Crippen LogP contribution in [0.1, 0.15) is 19.4 Å². The molecule has 1 aromatic heterocycles. The van der Waals surface area contributed by atoms with E-state index in [4.69, 9.17) is 16.9 Å². The number of aromatic nitrogens is 1. The average molecular weight is 288 g/mol. The monoisotopic (exact) mass is 287 g/mol. The molecule has 0 aliphatic heterocycles. The molecule has 7 heteroatoms. The molecule has 5 nitrogen and oxygen atoms in total. The Kier molecular flexibility index (Phi) is 4.20. The Balaban J connectivity index is 2.93. The van der Waals surface area contributed by atoms with Gasteiger partial charge in [-0.2, -0.15) is 5.26 Å². The molecular formula is C11H14ClN3O2S. The van der Waals surface area contributed by atoms with E-state index in [9.17, 15) is 8.42 Å². The van der Waals surface area contributed by atoms with E-state index < -0.39 is 14.6 Å². The zero-order valence-corrected chi connectivity index (χ0v) is 11.9. The number of pyridine rings is 1. The summed E-state index contributed by atoms with van der Waals surface area (Å²) in [6, 6.07) is 3.43. The first-order valence-electron chi connectivity index (χ1n) is 5.17. The van der Waals surface area contributed by atoms with Gasteiger partial charge in [0.25, 0.3) is 0 Å². The van der Waals surface area contributed by atoms with Crippen molar-refractivity contribution in [2.75, 3.05) is 18.1 Å². The van der Waals surface area contributed by atoms with E-state index in [0.29, 0.717) is 11.4 Å². The minimum Gasteiger partial charge on any atom is -0.367 e. The van der Waals surface area contributed by atoms with Crippen LogP contribution in [0.15, 0.2) is 12.3 Å². The van der Waals surface area contributed by atoms with Gasteiger partial charge in [0.15, 0.2) is 9.84 Å². The highest BCUT2D eigenvalue weighted by Gasteiger charge is 2.30. The van der Waals surface area contributed by atoms with Crippen molar-refractivity contribution in [3.63, 3.8) is 0 Å². The second kappa shape index (κ2) is 5.12. The lowest BCUT2D eigenvalue weighted by Gasteiger charge is -2.23. The van der Waals surface area contributed by atoms with E-state index in [-0.39, 0.29) is 11.6 Å². The minimum atomic E-state index is -3.20. The van der Waals surface area contributed by atoms with Gasteiger partial charge in [0.1, 0.15) is 16.9 Å². The smallest absolute Gasteiger partial charge is 0.154 e. The van der Waals surface area contributed by atoms with Crippen LogP contribution in [0.4, 0.5) is 5.82 Å². The molecule has 0 saturated carbocycles. The molecule has 1 rings (SSSR count). The van der Waals surface area contributed by atoms with Gasteiger partial charge in [0.2, 0.25) is 0 Å². The van der Waals surface area contributed by atoms with Crippen molar-refractivity contribution >= 4 is 27.3 Å². The van der Waals surface area contributed by atoms with Crippen LogP contribution in [-0.2, 0) is 9.84 Å². The van der Waals surface area contributed by atoms with Crippen molar-refractivity contribution in [1.29, 1.82) is 5.26 Å². The van der Waals surface area contributed by atoms with Gasteiger partial charge in [-0.1, -0.05) is 11.6 Å². The highest BCUT2D eigenvalue weighted by atomic mass is 35.5. The van der Waals surface area contributed by atoms with Crippen molar-refractivity contribution < 1.29 is 8.42 Å². The number of nitrogens with zero attached hydrogens (tertiary/aromatic N) is 2. The molecule has 0 saturated heterocycles. The summed E-state index contributed by atoms with van der Waals surface area (Å²) in [6.45, 7) is 3.38. The van der Waals surface area contributed by atoms with Crippen LogP contribution in [0, 0.1) is 11.3 Å². The van der Waals surface area contributed by atoms with E-state index in [1.54, 1.807) is 13.8 Å². The molecule has 0 atom stereocenters. The van der Waals surface area contributed by atoms with Crippen molar-refractivity contribution in [3.8, 4) is 6.07 Å². The highest BCUT2D eigenvalue weighted by molar-refractivity contribution is 7.92. The Morgan fingerprint density at radius 1 is 1.56 bits per heavy atom. The summed E-state index contributed by atoms with van der Waals surface area (Å²) in [5.74, 6) is 0.312. The quantitative estimate of drug-likeness (QED) is 0.913. The van der Waals surface area contributed by atoms with Gasteiger partial charge in [-0.25, -0.2) is 13.4 Å². The number of hydrogen-bond donors (Lipinski definition) is 1. The van der Waals surface area contributed by atoms with Gasteiger partial charge in [-0.15, -0.1) is 0 Å². The first-order valence-corrected chi connectivity index (χ1v) is 7.44. The summed E-state index contributed by atoms with van der Waals surface area (Å²) in [4.78, 5) is 3.98. The second-order valence-electron chi connectivity index (χ2n) is 4.52. The third-order valence-electron chi connectivity index (χ3n) is 2.69. The Morgan fingerprint density at radius 3 is 2.67 bits per heavy atom. The number of hydrogen-bond acceptors (Lipinski definition) is 5. The summed E-state index contributed by atoms with van der Waals surface area (Å²) in [5, 5.41) is 11.9. The fourth-order valence-corrected chi connectivity index (χ4v) is 1.64. The maximum absolute atomic E-state index is 11.5. The molecule has 0 aliphatic rings. The maximum atomic E-state index is 11.5. The molecule has 0 unspecified atom stereocenters. The lowest BCUT2D eigenvalue weighted by molar-refractivity contribution is 0.559. The summed E-state index contributed by atoms with van der Waals surface area (Å²) >= 11 is 5.96. The van der Waals surface area contributed by atoms with Gasteiger partial charge in [-0.3, -0.25) is 0 Å². The van der Waals surface area contributed by atoms with Crippen LogP contribution in [0.5, 0.6) is 0 Å². The molecule has 0 amide bonds. The maximum Gasteiger partial charge on any atom is 0.154 e. The molecule has 0 aliphatic carbocycles. The van der Waals surface area contributed by atoms with Crippen molar-refractivity contribution in [2.24, 2.45) is 0 Å². The topological polar surface area (TPSA) is 82.8 Å². The largest absolute Gasteiger partial charge is 0.367 e. The van der Waals surface area contributed by atoms with Gasteiger partial charge in [0.05, 0.1) is 10.3 Å². The minimum absolute atomic E-state index is 0.160. The Morgan fingerprint density at radius 2 is 2.17 bits per heavy atom. The van der Waals surface area contributed by atoms with E-state index in [1.165, 1.54) is 18.5 Å². The van der Waals surface area contributed by atoms with Crippen LogP contribution in [-0.4, -0.2) is 30.9 Å². The fraction of sp³-hybridized carbons (Fsp3) is 0.455. The normalized spacial score (nSPS) is 11.9. The van der Waals surface area contributed by atoms with E-state index >= 15 is 0 Å². The average Bonchev–Trinajstić information content (AvgIpc) is 2.26. The van der Waals surface area contributed by atoms with Gasteiger partial charge >= 0.3 is 0 Å². The molecule has 18 heavy (non-hydrogen) atoms. The molecule has 0 aromatic carbocycles. The van der Waals surface area contributed by atoms with Crippen LogP contribution in [0.3, 0.4) is 0 Å².